The van der Waals surface area contributed by atoms with Gasteiger partial charge in [-0.3, -0.25) is 4.79 Å². The van der Waals surface area contributed by atoms with Gasteiger partial charge in [0.15, 0.2) is 0 Å². The number of hydrogen-bond acceptors (Lipinski definition) is 4. The third kappa shape index (κ3) is 3.47. The average Bonchev–Trinajstić information content (AvgIpc) is 2.16. The number of aromatic nitrogens is 2. The van der Waals surface area contributed by atoms with Gasteiger partial charge in [-0.1, -0.05) is 0 Å². The second-order valence-corrected chi connectivity index (χ2v) is 3.55. The molecule has 2 N–H and O–H groups in total. The Morgan fingerprint density at radius 2 is 2.31 bits per heavy atom. The number of hydrogen-bond donors (Lipinski definition) is 2. The van der Waals surface area contributed by atoms with Gasteiger partial charge in [0.25, 0.3) is 5.56 Å². The number of nitrogens with one attached hydrogen (secondary N) is 1. The highest BCUT2D eigenvalue weighted by atomic mass is 16.5. The number of aromatic amines is 1. The number of carboxylic acid groups (broad SMARTS) is 1. The normalized spacial score (nSPS) is 10.7. The van der Waals surface area contributed by atoms with Crippen LogP contribution in [-0.4, -0.2) is 33.8 Å². The minimum atomic E-state index is -1.28. The molecule has 1 rings (SSSR count). The minimum absolute atomic E-state index is 0.116. The predicted octanol–water partition coefficient (Wildman–Crippen LogP) is 0.436. The Morgan fingerprint density at radius 1 is 1.62 bits per heavy atom. The van der Waals surface area contributed by atoms with Gasteiger partial charge in [0.2, 0.25) is 0 Å². The van der Waals surface area contributed by atoms with Gasteiger partial charge in [-0.2, -0.15) is 0 Å². The first-order valence-corrected chi connectivity index (χ1v) is 4.93. The standard InChI is InChI=1S/C10H14N2O4/c1-6(2)16-4-3-8-11-5-7(10(14)15)9(13)12-8/h5-6H,3-4H2,1-2H3,(H,14,15)(H,11,12,13). The second kappa shape index (κ2) is 5.41. The fourth-order valence-electron chi connectivity index (χ4n) is 1.10. The highest BCUT2D eigenvalue weighted by molar-refractivity contribution is 5.86. The van der Waals surface area contributed by atoms with Gasteiger partial charge >= 0.3 is 5.97 Å². The summed E-state index contributed by atoms with van der Waals surface area (Å²) in [6.07, 6.45) is 1.63. The molecule has 6 heteroatoms. The van der Waals surface area contributed by atoms with Crippen LogP contribution in [-0.2, 0) is 11.2 Å². The minimum Gasteiger partial charge on any atom is -0.477 e. The maximum atomic E-state index is 11.3. The van der Waals surface area contributed by atoms with Crippen LogP contribution in [0, 0.1) is 0 Å². The molecule has 1 aromatic heterocycles. The second-order valence-electron chi connectivity index (χ2n) is 3.55. The number of carboxylic acids is 1. The van der Waals surface area contributed by atoms with Gasteiger partial charge in [-0.05, 0) is 13.8 Å². The third-order valence-corrected chi connectivity index (χ3v) is 1.87. The van der Waals surface area contributed by atoms with E-state index in [9.17, 15) is 9.59 Å². The lowest BCUT2D eigenvalue weighted by Gasteiger charge is -2.06. The Balaban J connectivity index is 2.67. The molecule has 0 aromatic carbocycles. The maximum absolute atomic E-state index is 11.3. The van der Waals surface area contributed by atoms with E-state index in [4.69, 9.17) is 9.84 Å². The van der Waals surface area contributed by atoms with Crippen molar-refractivity contribution in [3.63, 3.8) is 0 Å². The van der Waals surface area contributed by atoms with Crippen LogP contribution >= 0.6 is 0 Å². The van der Waals surface area contributed by atoms with Gasteiger partial charge in [0.05, 0.1) is 12.7 Å². The maximum Gasteiger partial charge on any atom is 0.342 e. The van der Waals surface area contributed by atoms with Crippen LogP contribution in [0.2, 0.25) is 0 Å². The van der Waals surface area contributed by atoms with Crippen LogP contribution in [0.5, 0.6) is 0 Å². The number of aromatic carboxylic acids is 1. The molecular formula is C10H14N2O4. The highest BCUT2D eigenvalue weighted by Gasteiger charge is 2.09. The molecule has 0 amide bonds. The molecule has 0 saturated heterocycles. The molecule has 0 aliphatic heterocycles. The molecular weight excluding hydrogens is 212 g/mol. The van der Waals surface area contributed by atoms with Crippen LogP contribution < -0.4 is 5.56 Å². The Hall–Kier alpha value is -1.69. The fraction of sp³-hybridized carbons (Fsp3) is 0.500. The zero-order valence-corrected chi connectivity index (χ0v) is 9.19. The quantitative estimate of drug-likeness (QED) is 0.759. The number of nitrogens with zero attached hydrogens (tertiary/aromatic N) is 1. The summed E-state index contributed by atoms with van der Waals surface area (Å²) in [5.41, 5.74) is -0.990. The number of carbonyl (C=O) groups is 1. The Labute approximate surface area is 92.3 Å². The van der Waals surface area contributed by atoms with Crippen molar-refractivity contribution in [1.29, 1.82) is 0 Å². The third-order valence-electron chi connectivity index (χ3n) is 1.87. The molecule has 0 aliphatic rings. The average molecular weight is 226 g/mol. The van der Waals surface area contributed by atoms with Crippen LogP contribution in [0.15, 0.2) is 11.0 Å². The first-order chi connectivity index (χ1) is 7.50. The van der Waals surface area contributed by atoms with Crippen LogP contribution in [0.4, 0.5) is 0 Å². The molecule has 0 radical (unpaired) electrons. The van der Waals surface area contributed by atoms with Crippen LogP contribution in [0.1, 0.15) is 30.0 Å². The van der Waals surface area contributed by atoms with E-state index < -0.39 is 11.5 Å². The monoisotopic (exact) mass is 226 g/mol. The first kappa shape index (κ1) is 12.4. The Bertz CT molecular complexity index is 425. The lowest BCUT2D eigenvalue weighted by molar-refractivity contribution is 0.0694. The predicted molar refractivity (Wildman–Crippen MR) is 56.6 cm³/mol. The Kier molecular flexibility index (Phi) is 4.19. The van der Waals surface area contributed by atoms with Crippen LogP contribution in [0.3, 0.4) is 0 Å². The molecule has 0 bridgehead atoms. The van der Waals surface area contributed by atoms with Crippen molar-refractivity contribution in [3.05, 3.63) is 27.9 Å². The SMILES string of the molecule is CC(C)OCCc1ncc(C(=O)O)c(=O)[nH]1. The molecule has 0 atom stereocenters. The molecule has 16 heavy (non-hydrogen) atoms. The van der Waals surface area contributed by atoms with E-state index in [1.807, 2.05) is 13.8 Å². The van der Waals surface area contributed by atoms with Crippen molar-refractivity contribution in [2.75, 3.05) is 6.61 Å². The van der Waals surface area contributed by atoms with Gasteiger partial charge < -0.3 is 14.8 Å². The van der Waals surface area contributed by atoms with Gasteiger partial charge in [-0.25, -0.2) is 9.78 Å². The summed E-state index contributed by atoms with van der Waals surface area (Å²) in [5.74, 6) is -0.852. The van der Waals surface area contributed by atoms with E-state index in [0.717, 1.165) is 6.20 Å². The summed E-state index contributed by atoms with van der Waals surface area (Å²) >= 11 is 0. The fourth-order valence-corrected chi connectivity index (χ4v) is 1.10. The van der Waals surface area contributed by atoms with Crippen molar-refractivity contribution in [2.45, 2.75) is 26.4 Å². The molecule has 1 heterocycles. The first-order valence-electron chi connectivity index (χ1n) is 4.93. The van der Waals surface area contributed by atoms with Gasteiger partial charge in [0.1, 0.15) is 11.4 Å². The van der Waals surface area contributed by atoms with Crippen molar-refractivity contribution in [3.8, 4) is 0 Å². The zero-order chi connectivity index (χ0) is 12.1. The summed E-state index contributed by atoms with van der Waals surface area (Å²) in [5, 5.41) is 8.62. The zero-order valence-electron chi connectivity index (χ0n) is 9.19. The van der Waals surface area contributed by atoms with Crippen molar-refractivity contribution >= 4 is 5.97 Å². The summed E-state index contributed by atoms with van der Waals surface area (Å²) in [4.78, 5) is 28.1. The lowest BCUT2D eigenvalue weighted by atomic mass is 10.3. The highest BCUT2D eigenvalue weighted by Crippen LogP contribution is 1.94. The van der Waals surface area contributed by atoms with E-state index in [1.54, 1.807) is 0 Å². The van der Waals surface area contributed by atoms with Crippen molar-refractivity contribution in [2.24, 2.45) is 0 Å². The molecule has 6 nitrogen and oxygen atoms in total. The summed E-state index contributed by atoms with van der Waals surface area (Å²) in [7, 11) is 0. The van der Waals surface area contributed by atoms with E-state index in [1.165, 1.54) is 0 Å². The van der Waals surface area contributed by atoms with Gasteiger partial charge in [0, 0.05) is 12.6 Å². The Morgan fingerprint density at radius 3 is 2.81 bits per heavy atom. The molecule has 0 aliphatic carbocycles. The number of H-pyrrole nitrogens is 1. The van der Waals surface area contributed by atoms with Crippen molar-refractivity contribution < 1.29 is 14.6 Å². The van der Waals surface area contributed by atoms with E-state index in [0.29, 0.717) is 18.9 Å². The topological polar surface area (TPSA) is 92.3 Å². The smallest absolute Gasteiger partial charge is 0.342 e. The number of ether oxygens (including phenoxy) is 1. The van der Waals surface area contributed by atoms with E-state index >= 15 is 0 Å². The summed E-state index contributed by atoms with van der Waals surface area (Å²) < 4.78 is 5.28. The molecule has 0 unspecified atom stereocenters. The van der Waals surface area contributed by atoms with Gasteiger partial charge in [-0.15, -0.1) is 0 Å². The number of rotatable bonds is 5. The lowest BCUT2D eigenvalue weighted by Crippen LogP contribution is -2.21. The molecule has 0 fully saturated rings. The van der Waals surface area contributed by atoms with E-state index in [2.05, 4.69) is 9.97 Å². The van der Waals surface area contributed by atoms with Crippen molar-refractivity contribution in [1.82, 2.24) is 9.97 Å². The largest absolute Gasteiger partial charge is 0.477 e. The molecule has 0 saturated carbocycles. The molecule has 88 valence electrons. The van der Waals surface area contributed by atoms with Crippen LogP contribution in [0.25, 0.3) is 0 Å². The summed E-state index contributed by atoms with van der Waals surface area (Å²) in [6.45, 7) is 4.25. The molecule has 1 aromatic rings. The van der Waals surface area contributed by atoms with E-state index in [-0.39, 0.29) is 11.7 Å². The summed E-state index contributed by atoms with van der Waals surface area (Å²) in [6, 6.07) is 0. The molecule has 0 spiro atoms.